The van der Waals surface area contributed by atoms with Crippen molar-refractivity contribution in [2.45, 2.75) is 45.3 Å². The van der Waals surface area contributed by atoms with Gasteiger partial charge in [-0.1, -0.05) is 18.2 Å². The molecule has 1 saturated heterocycles. The zero-order valence-corrected chi connectivity index (χ0v) is 14.9. The van der Waals surface area contributed by atoms with E-state index >= 15 is 0 Å². The molecule has 0 unspecified atom stereocenters. The highest BCUT2D eigenvalue weighted by Crippen LogP contribution is 2.43. The summed E-state index contributed by atoms with van der Waals surface area (Å²) >= 11 is 1.91. The van der Waals surface area contributed by atoms with Crippen LogP contribution in [0.25, 0.3) is 0 Å². The number of hydrogen-bond acceptors (Lipinski definition) is 3. The molecule has 4 rings (SSSR count). The summed E-state index contributed by atoms with van der Waals surface area (Å²) in [5.41, 5.74) is 5.71. The van der Waals surface area contributed by atoms with Gasteiger partial charge < -0.3 is 4.74 Å². The van der Waals surface area contributed by atoms with Gasteiger partial charge in [-0.15, -0.1) is 11.3 Å². The van der Waals surface area contributed by atoms with Crippen molar-refractivity contribution in [1.29, 1.82) is 0 Å². The number of thiophene rings is 1. The number of nitrogens with zero attached hydrogens (tertiary/aromatic N) is 1. The molecule has 23 heavy (non-hydrogen) atoms. The molecule has 2 aromatic rings. The molecule has 0 N–H and O–H groups in total. The summed E-state index contributed by atoms with van der Waals surface area (Å²) in [7, 11) is 0. The van der Waals surface area contributed by atoms with Gasteiger partial charge in [-0.05, 0) is 60.4 Å². The van der Waals surface area contributed by atoms with E-state index in [2.05, 4.69) is 48.4 Å². The molecule has 0 aliphatic carbocycles. The minimum atomic E-state index is 0.00722. The molecule has 0 amide bonds. The molecule has 0 radical (unpaired) electrons. The van der Waals surface area contributed by atoms with Gasteiger partial charge in [0.05, 0.1) is 12.2 Å². The number of fused-ring (bicyclic) bond motifs is 2. The predicted molar refractivity (Wildman–Crippen MR) is 96.1 cm³/mol. The van der Waals surface area contributed by atoms with Gasteiger partial charge in [0.1, 0.15) is 0 Å². The van der Waals surface area contributed by atoms with Crippen molar-refractivity contribution in [3.8, 4) is 0 Å². The average molecular weight is 327 g/mol. The lowest BCUT2D eigenvalue weighted by Crippen LogP contribution is -2.45. The van der Waals surface area contributed by atoms with Crippen molar-refractivity contribution >= 4 is 11.3 Å². The molecule has 1 fully saturated rings. The predicted octanol–water partition coefficient (Wildman–Crippen LogP) is 4.43. The zero-order valence-electron chi connectivity index (χ0n) is 14.1. The first-order valence-electron chi connectivity index (χ1n) is 8.66. The maximum Gasteiger partial charge on any atom is 0.0966 e. The molecule has 2 aliphatic rings. The first kappa shape index (κ1) is 15.4. The smallest absolute Gasteiger partial charge is 0.0966 e. The van der Waals surface area contributed by atoms with Crippen LogP contribution in [0.2, 0.25) is 0 Å². The van der Waals surface area contributed by atoms with E-state index in [1.807, 2.05) is 11.3 Å². The molecule has 1 spiro atoms. The molecule has 0 saturated carbocycles. The summed E-state index contributed by atoms with van der Waals surface area (Å²) in [4.78, 5) is 4.14. The molecule has 1 aromatic carbocycles. The van der Waals surface area contributed by atoms with E-state index in [4.69, 9.17) is 4.74 Å². The highest BCUT2D eigenvalue weighted by atomic mass is 32.1. The van der Waals surface area contributed by atoms with Crippen LogP contribution in [-0.2, 0) is 23.3 Å². The third-order valence-corrected chi connectivity index (χ3v) is 6.57. The van der Waals surface area contributed by atoms with E-state index in [9.17, 15) is 0 Å². The second-order valence-corrected chi connectivity index (χ2v) is 8.05. The van der Waals surface area contributed by atoms with Crippen molar-refractivity contribution < 1.29 is 4.74 Å². The summed E-state index contributed by atoms with van der Waals surface area (Å²) in [6.45, 7) is 8.60. The van der Waals surface area contributed by atoms with Crippen molar-refractivity contribution in [1.82, 2.24) is 4.90 Å². The second-order valence-electron chi connectivity index (χ2n) is 7.04. The average Bonchev–Trinajstić information content (AvgIpc) is 3.04. The first-order valence-corrected chi connectivity index (χ1v) is 9.54. The standard InChI is InChI=1S/C20H25NOS/c1-15-3-4-17(13-16(15)2)14-21-9-7-20(8-10-21)18-6-12-23-19(18)5-11-22-20/h3-4,6,12-13H,5,7-11,14H2,1-2H3. The quantitative estimate of drug-likeness (QED) is 0.809. The highest BCUT2D eigenvalue weighted by Gasteiger charge is 2.41. The number of ether oxygens (including phenoxy) is 1. The zero-order chi connectivity index (χ0) is 15.9. The molecule has 0 atom stereocenters. The summed E-state index contributed by atoms with van der Waals surface area (Å²) in [6, 6.07) is 9.17. The third kappa shape index (κ3) is 2.86. The van der Waals surface area contributed by atoms with E-state index in [0.29, 0.717) is 0 Å². The normalized spacial score (nSPS) is 20.6. The van der Waals surface area contributed by atoms with Crippen LogP contribution in [0, 0.1) is 13.8 Å². The molecule has 2 nitrogen and oxygen atoms in total. The van der Waals surface area contributed by atoms with Gasteiger partial charge in [-0.2, -0.15) is 0 Å². The van der Waals surface area contributed by atoms with E-state index in [1.54, 1.807) is 4.88 Å². The van der Waals surface area contributed by atoms with Crippen LogP contribution in [0.3, 0.4) is 0 Å². The first-order chi connectivity index (χ1) is 11.2. The van der Waals surface area contributed by atoms with E-state index in [1.165, 1.54) is 22.3 Å². The Bertz CT molecular complexity index is 697. The lowest BCUT2D eigenvalue weighted by atomic mass is 9.82. The number of aryl methyl sites for hydroxylation is 2. The van der Waals surface area contributed by atoms with Crippen LogP contribution in [0.4, 0.5) is 0 Å². The maximum atomic E-state index is 6.30. The Morgan fingerprint density at radius 3 is 2.74 bits per heavy atom. The lowest BCUT2D eigenvalue weighted by Gasteiger charge is -2.44. The van der Waals surface area contributed by atoms with Crippen molar-refractivity contribution in [2.24, 2.45) is 0 Å². The molecule has 0 bridgehead atoms. The number of benzene rings is 1. The Labute approximate surface area is 143 Å². The van der Waals surface area contributed by atoms with Gasteiger partial charge in [-0.25, -0.2) is 0 Å². The van der Waals surface area contributed by atoms with Gasteiger partial charge in [0.15, 0.2) is 0 Å². The Hall–Kier alpha value is -1.16. The SMILES string of the molecule is Cc1ccc(CN2CCC3(CC2)OCCc2sccc23)cc1C. The van der Waals surface area contributed by atoms with Gasteiger partial charge >= 0.3 is 0 Å². The number of likely N-dealkylation sites (tertiary alicyclic amines) is 1. The monoisotopic (exact) mass is 327 g/mol. The Morgan fingerprint density at radius 2 is 1.96 bits per heavy atom. The molecule has 3 heteroatoms. The van der Waals surface area contributed by atoms with Crippen molar-refractivity contribution in [2.75, 3.05) is 19.7 Å². The molecule has 1 aromatic heterocycles. The topological polar surface area (TPSA) is 12.5 Å². The van der Waals surface area contributed by atoms with Crippen LogP contribution >= 0.6 is 11.3 Å². The Morgan fingerprint density at radius 1 is 1.13 bits per heavy atom. The second kappa shape index (κ2) is 6.04. The van der Waals surface area contributed by atoms with E-state index in [0.717, 1.165) is 45.5 Å². The largest absolute Gasteiger partial charge is 0.370 e. The fourth-order valence-electron chi connectivity index (χ4n) is 4.00. The number of piperidine rings is 1. The molecule has 2 aliphatic heterocycles. The molecule has 122 valence electrons. The van der Waals surface area contributed by atoms with Crippen LogP contribution in [-0.4, -0.2) is 24.6 Å². The van der Waals surface area contributed by atoms with Crippen molar-refractivity contribution in [3.05, 3.63) is 56.8 Å². The molecular weight excluding hydrogens is 302 g/mol. The Balaban J connectivity index is 1.45. The number of rotatable bonds is 2. The minimum Gasteiger partial charge on any atom is -0.370 e. The molecule has 3 heterocycles. The van der Waals surface area contributed by atoms with E-state index in [-0.39, 0.29) is 5.60 Å². The van der Waals surface area contributed by atoms with Crippen molar-refractivity contribution in [3.63, 3.8) is 0 Å². The van der Waals surface area contributed by atoms with Gasteiger partial charge in [0.2, 0.25) is 0 Å². The third-order valence-electron chi connectivity index (χ3n) is 5.58. The fraction of sp³-hybridized carbons (Fsp3) is 0.500. The molecular formula is C20H25NOS. The fourth-order valence-corrected chi connectivity index (χ4v) is 4.95. The van der Waals surface area contributed by atoms with Crippen LogP contribution < -0.4 is 0 Å². The van der Waals surface area contributed by atoms with Gasteiger partial charge in [-0.3, -0.25) is 4.90 Å². The van der Waals surface area contributed by atoms with Gasteiger partial charge in [0, 0.05) is 30.9 Å². The number of hydrogen-bond donors (Lipinski definition) is 0. The Kier molecular flexibility index (Phi) is 4.04. The summed E-state index contributed by atoms with van der Waals surface area (Å²) in [6.07, 6.45) is 3.35. The minimum absolute atomic E-state index is 0.00722. The summed E-state index contributed by atoms with van der Waals surface area (Å²) < 4.78 is 6.30. The van der Waals surface area contributed by atoms with Crippen LogP contribution in [0.1, 0.15) is 40.0 Å². The van der Waals surface area contributed by atoms with Crippen LogP contribution in [0.15, 0.2) is 29.6 Å². The van der Waals surface area contributed by atoms with E-state index < -0.39 is 0 Å². The summed E-state index contributed by atoms with van der Waals surface area (Å²) in [5.74, 6) is 0. The van der Waals surface area contributed by atoms with Crippen LogP contribution in [0.5, 0.6) is 0 Å². The lowest BCUT2D eigenvalue weighted by molar-refractivity contribution is -0.0980. The summed E-state index contributed by atoms with van der Waals surface area (Å²) in [5, 5.41) is 2.24. The van der Waals surface area contributed by atoms with Gasteiger partial charge in [0.25, 0.3) is 0 Å². The maximum absolute atomic E-state index is 6.30. The highest BCUT2D eigenvalue weighted by molar-refractivity contribution is 7.10.